The fourth-order valence-electron chi connectivity index (χ4n) is 2.90. The summed E-state index contributed by atoms with van der Waals surface area (Å²) in [7, 11) is 1.88. The summed E-state index contributed by atoms with van der Waals surface area (Å²) in [5.41, 5.74) is 2.08. The van der Waals surface area contributed by atoms with Gasteiger partial charge in [-0.25, -0.2) is 4.68 Å². The van der Waals surface area contributed by atoms with Crippen molar-refractivity contribution in [2.45, 2.75) is 19.4 Å². The highest BCUT2D eigenvalue weighted by Gasteiger charge is 2.24. The summed E-state index contributed by atoms with van der Waals surface area (Å²) >= 11 is 0. The van der Waals surface area contributed by atoms with Gasteiger partial charge in [0.25, 0.3) is 0 Å². The smallest absolute Gasteiger partial charge is 0.225 e. The van der Waals surface area contributed by atoms with Crippen LogP contribution in [0.15, 0.2) is 42.7 Å². The molecule has 1 aromatic carbocycles. The fourth-order valence-corrected chi connectivity index (χ4v) is 2.90. The van der Waals surface area contributed by atoms with Gasteiger partial charge in [0.15, 0.2) is 0 Å². The van der Waals surface area contributed by atoms with Gasteiger partial charge in [-0.2, -0.15) is 5.10 Å². The largest absolute Gasteiger partial charge is 0.341 e. The van der Waals surface area contributed by atoms with E-state index in [9.17, 15) is 4.79 Å². The number of para-hydroxylation sites is 1. The number of hydrogen-bond acceptors (Lipinski definition) is 3. The number of amides is 1. The molecule has 0 spiro atoms. The van der Waals surface area contributed by atoms with Crippen LogP contribution < -0.4 is 5.32 Å². The van der Waals surface area contributed by atoms with E-state index in [-0.39, 0.29) is 11.8 Å². The highest BCUT2D eigenvalue weighted by molar-refractivity contribution is 5.78. The number of hydrogen-bond donors (Lipinski definition) is 1. The van der Waals surface area contributed by atoms with Gasteiger partial charge in [-0.05, 0) is 38.1 Å². The first kappa shape index (κ1) is 14.8. The number of piperidine rings is 1. The standard InChI is InChI=1S/C17H22N4O/c1-20(17(22)15-7-9-18-10-8-15)12-14-11-19-21(13-14)16-5-3-2-4-6-16/h2-6,11,13,15,18H,7-10,12H2,1H3. The molecule has 116 valence electrons. The topological polar surface area (TPSA) is 50.2 Å². The Morgan fingerprint density at radius 2 is 2.05 bits per heavy atom. The van der Waals surface area contributed by atoms with Gasteiger partial charge >= 0.3 is 0 Å². The number of benzene rings is 1. The molecule has 1 aromatic heterocycles. The van der Waals surface area contributed by atoms with Crippen LogP contribution >= 0.6 is 0 Å². The quantitative estimate of drug-likeness (QED) is 0.937. The predicted octanol–water partition coefficient (Wildman–Crippen LogP) is 1.83. The molecule has 0 aliphatic carbocycles. The third-order valence-electron chi connectivity index (χ3n) is 4.14. The van der Waals surface area contributed by atoms with E-state index in [1.807, 2.05) is 59.4 Å². The van der Waals surface area contributed by atoms with Crippen molar-refractivity contribution >= 4 is 5.91 Å². The van der Waals surface area contributed by atoms with E-state index < -0.39 is 0 Å². The van der Waals surface area contributed by atoms with Crippen LogP contribution in [0.3, 0.4) is 0 Å². The normalized spacial score (nSPS) is 15.7. The molecule has 1 N–H and O–H groups in total. The van der Waals surface area contributed by atoms with Crippen molar-refractivity contribution < 1.29 is 4.79 Å². The average Bonchev–Trinajstić information content (AvgIpc) is 3.04. The highest BCUT2D eigenvalue weighted by atomic mass is 16.2. The fraction of sp³-hybridized carbons (Fsp3) is 0.412. The Labute approximate surface area is 130 Å². The predicted molar refractivity (Wildman–Crippen MR) is 85.6 cm³/mol. The molecule has 5 heteroatoms. The maximum absolute atomic E-state index is 12.5. The van der Waals surface area contributed by atoms with Crippen molar-refractivity contribution in [2.24, 2.45) is 5.92 Å². The van der Waals surface area contributed by atoms with Crippen molar-refractivity contribution in [3.63, 3.8) is 0 Å². The second-order valence-corrected chi connectivity index (χ2v) is 5.85. The molecule has 1 aliphatic rings. The van der Waals surface area contributed by atoms with Crippen LogP contribution in [0.1, 0.15) is 18.4 Å². The Balaban J connectivity index is 1.63. The van der Waals surface area contributed by atoms with E-state index in [2.05, 4.69) is 10.4 Å². The lowest BCUT2D eigenvalue weighted by molar-refractivity contribution is -0.135. The van der Waals surface area contributed by atoms with Crippen LogP contribution in [0.25, 0.3) is 5.69 Å². The minimum absolute atomic E-state index is 0.162. The Bertz CT molecular complexity index is 617. The van der Waals surface area contributed by atoms with Gasteiger partial charge < -0.3 is 10.2 Å². The zero-order valence-electron chi connectivity index (χ0n) is 12.9. The van der Waals surface area contributed by atoms with Gasteiger partial charge in [-0.3, -0.25) is 4.79 Å². The van der Waals surface area contributed by atoms with Gasteiger partial charge in [0.1, 0.15) is 0 Å². The Kier molecular flexibility index (Phi) is 4.53. The summed E-state index contributed by atoms with van der Waals surface area (Å²) in [4.78, 5) is 14.3. The van der Waals surface area contributed by atoms with E-state index in [0.29, 0.717) is 6.54 Å². The van der Waals surface area contributed by atoms with Crippen LogP contribution in [0.5, 0.6) is 0 Å². The second-order valence-electron chi connectivity index (χ2n) is 5.85. The molecule has 0 atom stereocenters. The Morgan fingerprint density at radius 1 is 1.32 bits per heavy atom. The van der Waals surface area contributed by atoms with Gasteiger partial charge in [-0.1, -0.05) is 18.2 Å². The van der Waals surface area contributed by atoms with Gasteiger partial charge in [-0.15, -0.1) is 0 Å². The lowest BCUT2D eigenvalue weighted by Crippen LogP contribution is -2.38. The molecule has 0 radical (unpaired) electrons. The van der Waals surface area contributed by atoms with E-state index in [1.165, 1.54) is 0 Å². The first-order chi connectivity index (χ1) is 10.7. The third-order valence-corrected chi connectivity index (χ3v) is 4.14. The Hall–Kier alpha value is -2.14. The summed E-state index contributed by atoms with van der Waals surface area (Å²) in [6, 6.07) is 9.99. The molecule has 0 bridgehead atoms. The van der Waals surface area contributed by atoms with Crippen molar-refractivity contribution in [1.82, 2.24) is 20.0 Å². The molecule has 1 fully saturated rings. The van der Waals surface area contributed by atoms with Crippen LogP contribution in [-0.2, 0) is 11.3 Å². The highest BCUT2D eigenvalue weighted by Crippen LogP contribution is 2.16. The molecule has 5 nitrogen and oxygen atoms in total. The zero-order chi connectivity index (χ0) is 15.4. The van der Waals surface area contributed by atoms with E-state index in [1.54, 1.807) is 0 Å². The van der Waals surface area contributed by atoms with Gasteiger partial charge in [0.05, 0.1) is 11.9 Å². The van der Waals surface area contributed by atoms with E-state index >= 15 is 0 Å². The lowest BCUT2D eigenvalue weighted by Gasteiger charge is -2.26. The molecule has 0 saturated carbocycles. The lowest BCUT2D eigenvalue weighted by atomic mass is 9.96. The first-order valence-corrected chi connectivity index (χ1v) is 7.79. The molecule has 22 heavy (non-hydrogen) atoms. The van der Waals surface area contributed by atoms with Gasteiger partial charge in [0, 0.05) is 31.3 Å². The minimum Gasteiger partial charge on any atom is -0.341 e. The van der Waals surface area contributed by atoms with Crippen molar-refractivity contribution in [3.8, 4) is 5.69 Å². The molecule has 1 aliphatic heterocycles. The summed E-state index contributed by atoms with van der Waals surface area (Å²) in [6.45, 7) is 2.49. The zero-order valence-corrected chi connectivity index (χ0v) is 12.9. The second kappa shape index (κ2) is 6.75. The summed E-state index contributed by atoms with van der Waals surface area (Å²) in [5, 5.41) is 7.68. The van der Waals surface area contributed by atoms with E-state index in [4.69, 9.17) is 0 Å². The summed E-state index contributed by atoms with van der Waals surface area (Å²) in [5.74, 6) is 0.407. The molecule has 0 unspecified atom stereocenters. The first-order valence-electron chi connectivity index (χ1n) is 7.79. The monoisotopic (exact) mass is 298 g/mol. The summed E-state index contributed by atoms with van der Waals surface area (Å²) < 4.78 is 1.85. The van der Waals surface area contributed by atoms with Crippen molar-refractivity contribution in [1.29, 1.82) is 0 Å². The maximum atomic E-state index is 12.5. The molecule has 1 saturated heterocycles. The SMILES string of the molecule is CN(Cc1cnn(-c2ccccc2)c1)C(=O)C1CCNCC1. The average molecular weight is 298 g/mol. The number of nitrogens with one attached hydrogen (secondary N) is 1. The molecular weight excluding hydrogens is 276 g/mol. The number of carbonyl (C=O) groups excluding carboxylic acids is 1. The number of carbonyl (C=O) groups is 1. The number of rotatable bonds is 4. The van der Waals surface area contributed by atoms with Crippen LogP contribution in [0.2, 0.25) is 0 Å². The maximum Gasteiger partial charge on any atom is 0.225 e. The van der Waals surface area contributed by atoms with E-state index in [0.717, 1.165) is 37.2 Å². The van der Waals surface area contributed by atoms with Gasteiger partial charge in [0.2, 0.25) is 5.91 Å². The van der Waals surface area contributed by atoms with Crippen molar-refractivity contribution in [2.75, 3.05) is 20.1 Å². The molecule has 2 heterocycles. The van der Waals surface area contributed by atoms with Crippen molar-refractivity contribution in [3.05, 3.63) is 48.3 Å². The number of aromatic nitrogens is 2. The number of nitrogens with zero attached hydrogens (tertiary/aromatic N) is 3. The van der Waals surface area contributed by atoms with Crippen LogP contribution in [0, 0.1) is 5.92 Å². The van der Waals surface area contributed by atoms with Crippen LogP contribution in [0.4, 0.5) is 0 Å². The van der Waals surface area contributed by atoms with Crippen LogP contribution in [-0.4, -0.2) is 40.7 Å². The Morgan fingerprint density at radius 3 is 2.77 bits per heavy atom. The third kappa shape index (κ3) is 3.36. The molecule has 3 rings (SSSR count). The summed E-state index contributed by atoms with van der Waals surface area (Å²) in [6.07, 6.45) is 5.69. The molecular formula is C17H22N4O. The molecule has 2 aromatic rings. The minimum atomic E-state index is 0.162. The molecule has 1 amide bonds.